The molecule has 120 valence electrons. The van der Waals surface area contributed by atoms with Gasteiger partial charge in [0.15, 0.2) is 9.84 Å². The van der Waals surface area contributed by atoms with Crippen LogP contribution in [0.25, 0.3) is 0 Å². The van der Waals surface area contributed by atoms with Gasteiger partial charge in [-0.1, -0.05) is 6.92 Å². The van der Waals surface area contributed by atoms with Crippen molar-refractivity contribution >= 4 is 19.9 Å². The lowest BCUT2D eigenvalue weighted by Crippen LogP contribution is -2.17. The molecule has 0 spiro atoms. The Bertz CT molecular complexity index is 685. The van der Waals surface area contributed by atoms with Crippen molar-refractivity contribution in [3.63, 3.8) is 0 Å². The smallest absolute Gasteiger partial charge is 0.238 e. The summed E-state index contributed by atoms with van der Waals surface area (Å²) in [4.78, 5) is 0.0171. The van der Waals surface area contributed by atoms with Crippen LogP contribution in [0.4, 0.5) is 0 Å². The van der Waals surface area contributed by atoms with Crippen molar-refractivity contribution in [2.45, 2.75) is 32.1 Å². The summed E-state index contributed by atoms with van der Waals surface area (Å²) in [5, 5.41) is 5.09. The average molecular weight is 335 g/mol. The van der Waals surface area contributed by atoms with Crippen molar-refractivity contribution in [2.75, 3.05) is 18.1 Å². The minimum Gasteiger partial charge on any atom is -0.492 e. The maximum atomic E-state index is 11.6. The maximum absolute atomic E-state index is 11.6. The van der Waals surface area contributed by atoms with Crippen LogP contribution in [0, 0.1) is 13.8 Å². The first-order valence-electron chi connectivity index (χ1n) is 6.54. The second-order valence-corrected chi connectivity index (χ2v) is 8.80. The number of sulfone groups is 1. The molecule has 1 aromatic rings. The van der Waals surface area contributed by atoms with Crippen molar-refractivity contribution in [1.82, 2.24) is 0 Å². The first kappa shape index (κ1) is 17.9. The van der Waals surface area contributed by atoms with Crippen LogP contribution in [0.1, 0.15) is 24.5 Å². The molecule has 0 atom stereocenters. The monoisotopic (exact) mass is 335 g/mol. The van der Waals surface area contributed by atoms with Crippen LogP contribution in [0.15, 0.2) is 17.0 Å². The Labute approximate surface area is 126 Å². The summed E-state index contributed by atoms with van der Waals surface area (Å²) in [7, 11) is -6.87. The molecule has 0 saturated heterocycles. The van der Waals surface area contributed by atoms with Crippen molar-refractivity contribution in [3.05, 3.63) is 23.3 Å². The lowest BCUT2D eigenvalue weighted by molar-refractivity contribution is 0.336. The van der Waals surface area contributed by atoms with Crippen molar-refractivity contribution < 1.29 is 21.6 Å². The molecular formula is C13H21NO5S2. The zero-order valence-electron chi connectivity index (χ0n) is 12.4. The van der Waals surface area contributed by atoms with E-state index in [4.69, 9.17) is 9.88 Å². The van der Waals surface area contributed by atoms with Gasteiger partial charge in [0.2, 0.25) is 10.0 Å². The van der Waals surface area contributed by atoms with Crippen LogP contribution in [-0.2, 0) is 19.9 Å². The molecule has 0 aliphatic heterocycles. The first-order chi connectivity index (χ1) is 9.57. The normalized spacial score (nSPS) is 12.4. The van der Waals surface area contributed by atoms with Crippen molar-refractivity contribution in [3.8, 4) is 5.75 Å². The number of hydrogen-bond donors (Lipinski definition) is 1. The molecule has 1 aromatic carbocycles. The Morgan fingerprint density at radius 1 is 1.05 bits per heavy atom. The number of sulfonamides is 1. The molecule has 0 unspecified atom stereocenters. The molecule has 6 nitrogen and oxygen atoms in total. The van der Waals surface area contributed by atoms with Gasteiger partial charge in [-0.25, -0.2) is 22.0 Å². The molecule has 0 amide bonds. The van der Waals surface area contributed by atoms with E-state index >= 15 is 0 Å². The van der Waals surface area contributed by atoms with Crippen LogP contribution in [0.5, 0.6) is 5.75 Å². The molecule has 0 heterocycles. The van der Waals surface area contributed by atoms with E-state index < -0.39 is 19.9 Å². The summed E-state index contributed by atoms with van der Waals surface area (Å²) < 4.78 is 51.4. The highest BCUT2D eigenvalue weighted by atomic mass is 32.2. The molecule has 21 heavy (non-hydrogen) atoms. The van der Waals surface area contributed by atoms with Crippen LogP contribution in [0.2, 0.25) is 0 Å². The Hall–Kier alpha value is -1.12. The van der Waals surface area contributed by atoms with E-state index in [0.717, 1.165) is 0 Å². The van der Waals surface area contributed by atoms with E-state index in [1.165, 1.54) is 12.1 Å². The zero-order chi connectivity index (χ0) is 16.3. The third-order valence-corrected chi connectivity index (χ3v) is 5.63. The van der Waals surface area contributed by atoms with Gasteiger partial charge in [-0.3, -0.25) is 0 Å². The van der Waals surface area contributed by atoms with Gasteiger partial charge in [-0.15, -0.1) is 0 Å². The second kappa shape index (κ2) is 6.76. The quantitative estimate of drug-likeness (QED) is 0.805. The molecule has 0 aliphatic carbocycles. The van der Waals surface area contributed by atoms with Crippen molar-refractivity contribution in [2.24, 2.45) is 5.14 Å². The Kier molecular flexibility index (Phi) is 5.77. The third-order valence-electron chi connectivity index (χ3n) is 2.92. The zero-order valence-corrected chi connectivity index (χ0v) is 14.1. The second-order valence-electron chi connectivity index (χ2n) is 4.93. The summed E-state index contributed by atoms with van der Waals surface area (Å²) in [5.41, 5.74) is 1.21. The molecule has 0 aliphatic rings. The molecule has 0 radical (unpaired) electrons. The largest absolute Gasteiger partial charge is 0.492 e. The van der Waals surface area contributed by atoms with E-state index in [9.17, 15) is 16.8 Å². The van der Waals surface area contributed by atoms with E-state index in [2.05, 4.69) is 0 Å². The molecule has 0 aromatic heterocycles. The number of benzene rings is 1. The number of nitrogens with two attached hydrogens (primary N) is 1. The predicted octanol–water partition coefficient (Wildman–Crippen LogP) is 1.15. The Morgan fingerprint density at radius 3 is 2.00 bits per heavy atom. The summed E-state index contributed by atoms with van der Waals surface area (Å²) >= 11 is 0. The SMILES string of the molecule is CCCS(=O)(=O)CCOc1c(C)cc(S(N)(=O)=O)cc1C. The van der Waals surface area contributed by atoms with Crippen LogP contribution in [-0.4, -0.2) is 34.9 Å². The predicted molar refractivity (Wildman–Crippen MR) is 81.7 cm³/mol. The van der Waals surface area contributed by atoms with Gasteiger partial charge in [0.05, 0.1) is 16.4 Å². The molecular weight excluding hydrogens is 314 g/mol. The Balaban J connectivity index is 2.87. The van der Waals surface area contributed by atoms with Gasteiger partial charge >= 0.3 is 0 Å². The van der Waals surface area contributed by atoms with E-state index in [-0.39, 0.29) is 23.0 Å². The lowest BCUT2D eigenvalue weighted by Gasteiger charge is -2.13. The van der Waals surface area contributed by atoms with Gasteiger partial charge in [0.25, 0.3) is 0 Å². The topological polar surface area (TPSA) is 104 Å². The summed E-state index contributed by atoms with van der Waals surface area (Å²) in [6.07, 6.45) is 0.573. The van der Waals surface area contributed by atoms with Gasteiger partial charge in [0.1, 0.15) is 12.4 Å². The highest BCUT2D eigenvalue weighted by Crippen LogP contribution is 2.26. The van der Waals surface area contributed by atoms with Crippen LogP contribution >= 0.6 is 0 Å². The minimum absolute atomic E-state index is 0.0171. The van der Waals surface area contributed by atoms with Gasteiger partial charge in [-0.05, 0) is 43.5 Å². The number of aryl methyl sites for hydroxylation is 2. The average Bonchev–Trinajstić information content (AvgIpc) is 2.31. The fourth-order valence-corrected chi connectivity index (χ4v) is 3.83. The standard InChI is InChI=1S/C13H21NO5S2/c1-4-6-20(15,16)7-5-19-13-10(2)8-12(9-11(13)3)21(14,17)18/h8-9H,4-7H2,1-3H3,(H2,14,17,18). The summed E-state index contributed by atoms with van der Waals surface area (Å²) in [6, 6.07) is 2.83. The maximum Gasteiger partial charge on any atom is 0.238 e. The van der Waals surface area contributed by atoms with Crippen LogP contribution in [0.3, 0.4) is 0 Å². The summed E-state index contributed by atoms with van der Waals surface area (Å²) in [6.45, 7) is 5.23. The van der Waals surface area contributed by atoms with Gasteiger partial charge in [-0.2, -0.15) is 0 Å². The van der Waals surface area contributed by atoms with Crippen LogP contribution < -0.4 is 9.88 Å². The van der Waals surface area contributed by atoms with Gasteiger partial charge in [0, 0.05) is 0 Å². The Morgan fingerprint density at radius 2 is 1.57 bits per heavy atom. The summed E-state index contributed by atoms with van der Waals surface area (Å²) in [5.74, 6) is 0.573. The molecule has 8 heteroatoms. The number of rotatable bonds is 7. The van der Waals surface area contributed by atoms with E-state index in [1.807, 2.05) is 0 Å². The number of ether oxygens (including phenoxy) is 1. The van der Waals surface area contributed by atoms with E-state index in [0.29, 0.717) is 23.3 Å². The molecule has 1 rings (SSSR count). The highest BCUT2D eigenvalue weighted by Gasteiger charge is 2.15. The molecule has 2 N–H and O–H groups in total. The van der Waals surface area contributed by atoms with Gasteiger partial charge < -0.3 is 4.74 Å². The van der Waals surface area contributed by atoms with E-state index in [1.54, 1.807) is 20.8 Å². The minimum atomic E-state index is -3.77. The van der Waals surface area contributed by atoms with Crippen molar-refractivity contribution in [1.29, 1.82) is 0 Å². The fourth-order valence-electron chi connectivity index (χ4n) is 1.99. The first-order valence-corrected chi connectivity index (χ1v) is 9.91. The molecule has 0 fully saturated rings. The highest BCUT2D eigenvalue weighted by molar-refractivity contribution is 7.91. The number of hydrogen-bond acceptors (Lipinski definition) is 5. The third kappa shape index (κ3) is 5.29. The number of primary sulfonamides is 1. The lowest BCUT2D eigenvalue weighted by atomic mass is 10.1. The molecule has 0 bridgehead atoms. The molecule has 0 saturated carbocycles. The fraction of sp³-hybridized carbons (Fsp3) is 0.538.